The number of piperazine rings is 1. The van der Waals surface area contributed by atoms with Gasteiger partial charge in [-0.25, -0.2) is 4.79 Å². The zero-order valence-corrected chi connectivity index (χ0v) is 12.4. The van der Waals surface area contributed by atoms with Gasteiger partial charge in [0.15, 0.2) is 0 Å². The Kier molecular flexibility index (Phi) is 3.83. The van der Waals surface area contributed by atoms with Gasteiger partial charge in [-0.1, -0.05) is 17.7 Å². The fraction of sp³-hybridized carbons (Fsp3) is 0.500. The second-order valence-corrected chi connectivity index (χ2v) is 5.77. The molecular weight excluding hydrogens is 276 g/mol. The molecule has 0 aliphatic carbocycles. The topological polar surface area (TPSA) is 44.3 Å². The minimum absolute atomic E-state index is 0.0813. The Labute approximate surface area is 122 Å². The van der Waals surface area contributed by atoms with Crippen LogP contribution in [0.2, 0.25) is 5.02 Å². The maximum atomic E-state index is 12.0. The maximum absolute atomic E-state index is 12.0. The average Bonchev–Trinajstić information content (AvgIpc) is 2.75. The van der Waals surface area contributed by atoms with Crippen LogP contribution in [0.15, 0.2) is 23.0 Å². The molecule has 3 rings (SSSR count). The van der Waals surface area contributed by atoms with Gasteiger partial charge in [-0.15, -0.1) is 0 Å². The normalized spacial score (nSPS) is 17.9. The summed E-state index contributed by atoms with van der Waals surface area (Å²) in [5.74, 6) is 0. The molecular formula is C14H19ClN4O. The van der Waals surface area contributed by atoms with Crippen molar-refractivity contribution in [2.45, 2.75) is 6.54 Å². The van der Waals surface area contributed by atoms with Crippen molar-refractivity contribution in [2.24, 2.45) is 0 Å². The van der Waals surface area contributed by atoms with E-state index >= 15 is 0 Å². The van der Waals surface area contributed by atoms with Crippen molar-refractivity contribution in [1.82, 2.24) is 19.4 Å². The number of H-pyrrole nitrogens is 1. The van der Waals surface area contributed by atoms with Gasteiger partial charge in [-0.3, -0.25) is 9.47 Å². The molecule has 108 valence electrons. The molecule has 2 heterocycles. The number of aromatic nitrogens is 2. The van der Waals surface area contributed by atoms with Gasteiger partial charge >= 0.3 is 5.69 Å². The number of likely N-dealkylation sites (N-methyl/N-ethyl adjacent to an activating group) is 1. The summed E-state index contributed by atoms with van der Waals surface area (Å²) in [6.45, 7) is 5.84. The Hall–Kier alpha value is -1.30. The summed E-state index contributed by atoms with van der Waals surface area (Å²) in [6.07, 6.45) is 0. The van der Waals surface area contributed by atoms with E-state index in [9.17, 15) is 4.79 Å². The van der Waals surface area contributed by atoms with Gasteiger partial charge in [0.05, 0.1) is 16.1 Å². The van der Waals surface area contributed by atoms with E-state index in [-0.39, 0.29) is 5.69 Å². The summed E-state index contributed by atoms with van der Waals surface area (Å²) in [5.41, 5.74) is 1.54. The third kappa shape index (κ3) is 2.61. The van der Waals surface area contributed by atoms with Crippen molar-refractivity contribution in [3.8, 4) is 0 Å². The lowest BCUT2D eigenvalue weighted by atomic mass is 10.3. The van der Waals surface area contributed by atoms with Gasteiger partial charge in [0.1, 0.15) is 0 Å². The Bertz CT molecular complexity index is 655. The molecule has 1 aliphatic rings. The zero-order chi connectivity index (χ0) is 14.1. The van der Waals surface area contributed by atoms with Gasteiger partial charge in [0, 0.05) is 39.3 Å². The molecule has 0 bridgehead atoms. The first-order valence-corrected chi connectivity index (χ1v) is 7.31. The van der Waals surface area contributed by atoms with Crippen LogP contribution in [-0.4, -0.2) is 59.1 Å². The summed E-state index contributed by atoms with van der Waals surface area (Å²) in [5, 5.41) is 0.624. The Morgan fingerprint density at radius 3 is 2.70 bits per heavy atom. The molecule has 5 nitrogen and oxygen atoms in total. The van der Waals surface area contributed by atoms with E-state index in [1.54, 1.807) is 4.57 Å². The van der Waals surface area contributed by atoms with Gasteiger partial charge in [0.2, 0.25) is 0 Å². The summed E-state index contributed by atoms with van der Waals surface area (Å²) >= 11 is 6.22. The van der Waals surface area contributed by atoms with Crippen molar-refractivity contribution < 1.29 is 0 Å². The number of benzene rings is 1. The van der Waals surface area contributed by atoms with Crippen LogP contribution < -0.4 is 5.69 Å². The van der Waals surface area contributed by atoms with E-state index in [0.717, 1.165) is 43.8 Å². The number of para-hydroxylation sites is 1. The largest absolute Gasteiger partial charge is 0.326 e. The molecule has 1 fully saturated rings. The SMILES string of the molecule is CN1CCN(CCn2c(=O)[nH]c3cccc(Cl)c32)CC1. The standard InChI is InChI=1S/C14H19ClN4O/c1-17-5-7-18(8-6-17)9-10-19-13-11(15)3-2-4-12(13)16-14(19)20/h2-4H,5-10H2,1H3,(H,16,20). The average molecular weight is 295 g/mol. The fourth-order valence-electron chi connectivity index (χ4n) is 2.70. The lowest BCUT2D eigenvalue weighted by Gasteiger charge is -2.32. The maximum Gasteiger partial charge on any atom is 0.326 e. The molecule has 0 atom stereocenters. The number of aromatic amines is 1. The molecule has 0 radical (unpaired) electrons. The Morgan fingerprint density at radius 2 is 1.95 bits per heavy atom. The van der Waals surface area contributed by atoms with E-state index in [4.69, 9.17) is 11.6 Å². The molecule has 0 amide bonds. The minimum atomic E-state index is -0.0813. The van der Waals surface area contributed by atoms with E-state index < -0.39 is 0 Å². The second kappa shape index (κ2) is 5.60. The molecule has 1 aliphatic heterocycles. The van der Waals surface area contributed by atoms with Crippen molar-refractivity contribution in [3.63, 3.8) is 0 Å². The van der Waals surface area contributed by atoms with Crippen LogP contribution >= 0.6 is 11.6 Å². The first kappa shape index (κ1) is 13.7. The third-order valence-corrected chi connectivity index (χ3v) is 4.28. The summed E-state index contributed by atoms with van der Waals surface area (Å²) in [7, 11) is 2.14. The molecule has 0 unspecified atom stereocenters. The third-order valence-electron chi connectivity index (χ3n) is 3.98. The smallest absolute Gasteiger partial charge is 0.305 e. The molecule has 2 aromatic rings. The number of halogens is 1. The van der Waals surface area contributed by atoms with Crippen LogP contribution in [-0.2, 0) is 6.54 Å². The highest BCUT2D eigenvalue weighted by Gasteiger charge is 2.15. The molecule has 1 aromatic heterocycles. The fourth-order valence-corrected chi connectivity index (χ4v) is 2.98. The first-order valence-electron chi connectivity index (χ1n) is 6.93. The minimum Gasteiger partial charge on any atom is -0.305 e. The van der Waals surface area contributed by atoms with Crippen LogP contribution in [0.25, 0.3) is 11.0 Å². The van der Waals surface area contributed by atoms with Gasteiger partial charge in [-0.2, -0.15) is 0 Å². The molecule has 0 saturated carbocycles. The molecule has 0 spiro atoms. The number of hydrogen-bond acceptors (Lipinski definition) is 3. The quantitative estimate of drug-likeness (QED) is 0.926. The van der Waals surface area contributed by atoms with Crippen LogP contribution in [0, 0.1) is 0 Å². The van der Waals surface area contributed by atoms with Crippen LogP contribution in [0.1, 0.15) is 0 Å². The molecule has 20 heavy (non-hydrogen) atoms. The van der Waals surface area contributed by atoms with Gasteiger partial charge < -0.3 is 9.88 Å². The van der Waals surface area contributed by atoms with Crippen molar-refractivity contribution >= 4 is 22.6 Å². The summed E-state index contributed by atoms with van der Waals surface area (Å²) in [6, 6.07) is 5.56. The number of hydrogen-bond donors (Lipinski definition) is 1. The molecule has 1 saturated heterocycles. The molecule has 1 aromatic carbocycles. The van der Waals surface area contributed by atoms with Crippen LogP contribution in [0.3, 0.4) is 0 Å². The number of rotatable bonds is 3. The number of nitrogens with zero attached hydrogens (tertiary/aromatic N) is 3. The van der Waals surface area contributed by atoms with E-state index in [1.807, 2.05) is 18.2 Å². The summed E-state index contributed by atoms with van der Waals surface area (Å²) < 4.78 is 1.75. The monoisotopic (exact) mass is 294 g/mol. The molecule has 6 heteroatoms. The van der Waals surface area contributed by atoms with Gasteiger partial charge in [0.25, 0.3) is 0 Å². The van der Waals surface area contributed by atoms with Crippen LogP contribution in [0.5, 0.6) is 0 Å². The highest BCUT2D eigenvalue weighted by atomic mass is 35.5. The van der Waals surface area contributed by atoms with Crippen molar-refractivity contribution in [3.05, 3.63) is 33.7 Å². The van der Waals surface area contributed by atoms with Crippen molar-refractivity contribution in [2.75, 3.05) is 39.8 Å². The van der Waals surface area contributed by atoms with Crippen molar-refractivity contribution in [1.29, 1.82) is 0 Å². The van der Waals surface area contributed by atoms with Gasteiger partial charge in [-0.05, 0) is 19.2 Å². The predicted octanol–water partition coefficient (Wildman–Crippen LogP) is 1.23. The Balaban J connectivity index is 1.78. The highest BCUT2D eigenvalue weighted by molar-refractivity contribution is 6.34. The number of fused-ring (bicyclic) bond motifs is 1. The lowest BCUT2D eigenvalue weighted by Crippen LogP contribution is -2.45. The summed E-state index contributed by atoms with van der Waals surface area (Å²) in [4.78, 5) is 19.6. The molecule has 1 N–H and O–H groups in total. The Morgan fingerprint density at radius 1 is 1.20 bits per heavy atom. The zero-order valence-electron chi connectivity index (χ0n) is 11.6. The second-order valence-electron chi connectivity index (χ2n) is 5.36. The van der Waals surface area contributed by atoms with Crippen LogP contribution in [0.4, 0.5) is 0 Å². The van der Waals surface area contributed by atoms with E-state index in [0.29, 0.717) is 11.6 Å². The van der Waals surface area contributed by atoms with E-state index in [2.05, 4.69) is 21.8 Å². The van der Waals surface area contributed by atoms with E-state index in [1.165, 1.54) is 0 Å². The predicted molar refractivity (Wildman–Crippen MR) is 81.5 cm³/mol. The first-order chi connectivity index (χ1) is 9.65. The number of imidazole rings is 1. The lowest BCUT2D eigenvalue weighted by molar-refractivity contribution is 0.150. The number of nitrogens with one attached hydrogen (secondary N) is 1. The highest BCUT2D eigenvalue weighted by Crippen LogP contribution is 2.20.